The number of nitrogens with zero attached hydrogens (tertiary/aromatic N) is 3. The number of aromatic nitrogens is 2. The van der Waals surface area contributed by atoms with E-state index >= 15 is 0 Å². The van der Waals surface area contributed by atoms with E-state index in [1.165, 1.54) is 16.2 Å². The van der Waals surface area contributed by atoms with Gasteiger partial charge in [0, 0.05) is 48.4 Å². The van der Waals surface area contributed by atoms with Crippen molar-refractivity contribution < 1.29 is 14.7 Å². The van der Waals surface area contributed by atoms with Crippen LogP contribution in [0.4, 0.5) is 9.80 Å². The van der Waals surface area contributed by atoms with Crippen molar-refractivity contribution in [2.24, 2.45) is 0 Å². The lowest BCUT2D eigenvalue weighted by molar-refractivity contribution is -0.116. The summed E-state index contributed by atoms with van der Waals surface area (Å²) in [6, 6.07) is 10.2. The quantitative estimate of drug-likeness (QED) is 0.268. The van der Waals surface area contributed by atoms with Crippen LogP contribution in [0.25, 0.3) is 31.9 Å². The molecule has 2 amide bonds. The number of pyridine rings is 1. The zero-order valence-electron chi connectivity index (χ0n) is 20.9. The van der Waals surface area contributed by atoms with Gasteiger partial charge in [-0.2, -0.15) is 0 Å². The predicted molar refractivity (Wildman–Crippen MR) is 149 cm³/mol. The molecule has 10 heteroatoms. The summed E-state index contributed by atoms with van der Waals surface area (Å²) in [5, 5.41) is 17.6. The molecule has 37 heavy (non-hydrogen) atoms. The Morgan fingerprint density at radius 2 is 1.95 bits per heavy atom. The van der Waals surface area contributed by atoms with Gasteiger partial charge in [-0.15, -0.1) is 22.7 Å². The number of benzene rings is 1. The van der Waals surface area contributed by atoms with Crippen molar-refractivity contribution in [2.75, 3.05) is 18.4 Å². The lowest BCUT2D eigenvalue weighted by Gasteiger charge is -2.31. The van der Waals surface area contributed by atoms with Gasteiger partial charge in [0.05, 0.1) is 16.3 Å². The first-order valence-corrected chi connectivity index (χ1v) is 13.9. The van der Waals surface area contributed by atoms with Crippen LogP contribution < -0.4 is 10.6 Å². The minimum absolute atomic E-state index is 0.0724. The normalized spacial score (nSPS) is 15.2. The minimum atomic E-state index is -0.929. The molecule has 0 aliphatic carbocycles. The highest BCUT2D eigenvalue weighted by Gasteiger charge is 2.34. The molecule has 0 saturated heterocycles. The Morgan fingerprint density at radius 1 is 1.16 bits per heavy atom. The van der Waals surface area contributed by atoms with Gasteiger partial charge in [-0.25, -0.2) is 9.78 Å². The molecule has 1 aliphatic heterocycles. The van der Waals surface area contributed by atoms with Gasteiger partial charge in [0.2, 0.25) is 5.91 Å². The summed E-state index contributed by atoms with van der Waals surface area (Å²) in [5.41, 5.74) is 5.04. The number of thiophene rings is 1. The summed E-state index contributed by atoms with van der Waals surface area (Å²) in [6.07, 6.45) is 3.56. The highest BCUT2D eigenvalue weighted by molar-refractivity contribution is 7.23. The molecule has 4 aromatic rings. The van der Waals surface area contributed by atoms with Crippen LogP contribution >= 0.6 is 22.7 Å². The number of hydrogen-bond donors (Lipinski definition) is 3. The molecule has 192 valence electrons. The number of fused-ring (bicyclic) bond motifs is 2. The monoisotopic (exact) mass is 535 g/mol. The van der Waals surface area contributed by atoms with E-state index in [0.717, 1.165) is 47.4 Å². The largest absolute Gasteiger partial charge is 0.465 e. The van der Waals surface area contributed by atoms with Gasteiger partial charge in [0.1, 0.15) is 10.0 Å². The Hall–Kier alpha value is -3.34. The summed E-state index contributed by atoms with van der Waals surface area (Å²) in [5.74, 6) is -0.0724. The lowest BCUT2D eigenvalue weighted by atomic mass is 9.98. The lowest BCUT2D eigenvalue weighted by Crippen LogP contribution is -2.37. The first-order chi connectivity index (χ1) is 17.8. The minimum Gasteiger partial charge on any atom is -0.465 e. The second kappa shape index (κ2) is 10.6. The molecule has 0 bridgehead atoms. The van der Waals surface area contributed by atoms with Gasteiger partial charge in [0.25, 0.3) is 0 Å². The maximum Gasteiger partial charge on any atom is 0.407 e. The summed E-state index contributed by atoms with van der Waals surface area (Å²) in [6.45, 7) is 7.00. The van der Waals surface area contributed by atoms with Crippen molar-refractivity contribution in [3.05, 3.63) is 53.2 Å². The molecule has 0 spiro atoms. The number of amides is 2. The number of carbonyl (C=O) groups is 2. The van der Waals surface area contributed by atoms with Crippen LogP contribution in [0.2, 0.25) is 0 Å². The molecular weight excluding hydrogens is 506 g/mol. The smallest absolute Gasteiger partial charge is 0.407 e. The molecule has 0 unspecified atom stereocenters. The molecular formula is C27H29N5O3S2. The molecule has 1 aromatic carbocycles. The van der Waals surface area contributed by atoms with Crippen LogP contribution in [0.5, 0.6) is 0 Å². The predicted octanol–water partition coefficient (Wildman–Crippen LogP) is 6.01. The van der Waals surface area contributed by atoms with Crippen molar-refractivity contribution >= 4 is 49.9 Å². The standard InChI is InChI=1S/C27H29N5O3S2/c1-15(2)29-12-8-22(33)31-26-23(19-9-13-32(27(34)35)16(3)24(19)37-26)25-30-20-14-18(4-5-21(20)36-25)17-6-10-28-11-7-17/h4-7,10-11,14-16,29H,8-9,12-13H2,1-3H3,(H,31,33)(H,34,35)/t16-/m1/s1. The van der Waals surface area contributed by atoms with E-state index in [-0.39, 0.29) is 11.9 Å². The molecule has 0 saturated carbocycles. The Morgan fingerprint density at radius 3 is 2.68 bits per heavy atom. The van der Waals surface area contributed by atoms with Crippen molar-refractivity contribution in [3.8, 4) is 21.7 Å². The van der Waals surface area contributed by atoms with Crippen molar-refractivity contribution in [1.82, 2.24) is 20.2 Å². The molecule has 0 radical (unpaired) electrons. The van der Waals surface area contributed by atoms with Crippen LogP contribution in [0.15, 0.2) is 42.7 Å². The molecule has 8 nitrogen and oxygen atoms in total. The molecule has 3 aromatic heterocycles. The molecule has 5 rings (SSSR count). The average molecular weight is 536 g/mol. The highest BCUT2D eigenvalue weighted by atomic mass is 32.1. The number of thiazole rings is 1. The van der Waals surface area contributed by atoms with Crippen molar-refractivity contribution in [1.29, 1.82) is 0 Å². The van der Waals surface area contributed by atoms with Crippen molar-refractivity contribution in [3.63, 3.8) is 0 Å². The number of carbonyl (C=O) groups excluding carboxylic acids is 1. The fourth-order valence-electron chi connectivity index (χ4n) is 4.63. The zero-order valence-corrected chi connectivity index (χ0v) is 22.6. The SMILES string of the molecule is CC(C)NCCC(=O)Nc1sc2c(c1-c1nc3cc(-c4ccncc4)ccc3s1)CCN(C(=O)O)[C@@H]2C. The molecule has 1 atom stereocenters. The number of carboxylic acid groups (broad SMARTS) is 1. The van der Waals surface area contributed by atoms with Gasteiger partial charge in [0.15, 0.2) is 0 Å². The fourth-order valence-corrected chi connectivity index (χ4v) is 7.05. The second-order valence-corrected chi connectivity index (χ2v) is 11.5. The van der Waals surface area contributed by atoms with Crippen molar-refractivity contribution in [2.45, 2.75) is 45.7 Å². The fraction of sp³-hybridized carbons (Fsp3) is 0.333. The van der Waals surface area contributed by atoms with Crippen LogP contribution in [0.1, 0.15) is 43.7 Å². The van der Waals surface area contributed by atoms with Crippen LogP contribution in [0, 0.1) is 0 Å². The Bertz CT molecular complexity index is 1450. The third-order valence-corrected chi connectivity index (χ3v) is 8.88. The third kappa shape index (κ3) is 5.22. The number of nitrogens with one attached hydrogen (secondary N) is 2. The summed E-state index contributed by atoms with van der Waals surface area (Å²) in [4.78, 5) is 36.2. The van der Waals surface area contributed by atoms with E-state index in [4.69, 9.17) is 4.98 Å². The highest BCUT2D eigenvalue weighted by Crippen LogP contribution is 2.48. The average Bonchev–Trinajstić information content (AvgIpc) is 3.45. The van der Waals surface area contributed by atoms with E-state index < -0.39 is 6.09 Å². The van der Waals surface area contributed by atoms with Gasteiger partial charge < -0.3 is 20.6 Å². The number of hydrogen-bond acceptors (Lipinski definition) is 7. The zero-order chi connectivity index (χ0) is 26.1. The van der Waals surface area contributed by atoms with Crippen LogP contribution in [-0.4, -0.2) is 51.1 Å². The second-order valence-electron chi connectivity index (χ2n) is 9.40. The van der Waals surface area contributed by atoms with Crippen LogP contribution in [0.3, 0.4) is 0 Å². The number of rotatable bonds is 7. The molecule has 3 N–H and O–H groups in total. The van der Waals surface area contributed by atoms with Gasteiger partial charge in [-0.3, -0.25) is 9.78 Å². The number of anilines is 1. The first kappa shape index (κ1) is 25.3. The van der Waals surface area contributed by atoms with E-state index in [1.807, 2.05) is 32.9 Å². The Kier molecular flexibility index (Phi) is 7.23. The first-order valence-electron chi connectivity index (χ1n) is 12.3. The summed E-state index contributed by atoms with van der Waals surface area (Å²) in [7, 11) is 0. The summed E-state index contributed by atoms with van der Waals surface area (Å²) >= 11 is 3.06. The Balaban J connectivity index is 1.54. The Labute approximate surface area is 223 Å². The van der Waals surface area contributed by atoms with E-state index in [1.54, 1.807) is 23.7 Å². The third-order valence-electron chi connectivity index (χ3n) is 6.51. The van der Waals surface area contributed by atoms with E-state index in [2.05, 4.69) is 33.8 Å². The topological polar surface area (TPSA) is 107 Å². The van der Waals surface area contributed by atoms with Crippen LogP contribution in [-0.2, 0) is 11.2 Å². The maximum atomic E-state index is 12.8. The molecule has 0 fully saturated rings. The maximum absolute atomic E-state index is 12.8. The summed E-state index contributed by atoms with van der Waals surface area (Å²) < 4.78 is 1.06. The van der Waals surface area contributed by atoms with E-state index in [0.29, 0.717) is 32.0 Å². The molecule has 4 heterocycles. The molecule has 1 aliphatic rings. The van der Waals surface area contributed by atoms with E-state index in [9.17, 15) is 14.7 Å². The van der Waals surface area contributed by atoms with Gasteiger partial charge in [-0.1, -0.05) is 19.9 Å². The van der Waals surface area contributed by atoms with Gasteiger partial charge >= 0.3 is 6.09 Å². The van der Waals surface area contributed by atoms with Gasteiger partial charge in [-0.05, 0) is 54.3 Å².